The van der Waals surface area contributed by atoms with Gasteiger partial charge in [-0.1, -0.05) is 41.9 Å². The van der Waals surface area contributed by atoms with Crippen molar-refractivity contribution in [1.82, 2.24) is 4.98 Å². The summed E-state index contributed by atoms with van der Waals surface area (Å²) < 4.78 is 5.63. The number of hydroxylamine groups is 1. The molecule has 0 radical (unpaired) electrons. The van der Waals surface area contributed by atoms with Crippen LogP contribution in [0.3, 0.4) is 0 Å². The highest BCUT2D eigenvalue weighted by molar-refractivity contribution is 6.29. The van der Waals surface area contributed by atoms with E-state index in [0.717, 1.165) is 21.9 Å². The molecular formula is C24H23ClN2O3. The lowest BCUT2D eigenvalue weighted by molar-refractivity contribution is -0.715. The predicted molar refractivity (Wildman–Crippen MR) is 118 cm³/mol. The van der Waals surface area contributed by atoms with E-state index in [1.807, 2.05) is 57.2 Å². The lowest BCUT2D eigenvalue weighted by Crippen LogP contribution is -2.97. The monoisotopic (exact) mass is 422 g/mol. The van der Waals surface area contributed by atoms with E-state index in [1.165, 1.54) is 6.20 Å². The maximum atomic E-state index is 12.9. The van der Waals surface area contributed by atoms with Crippen LogP contribution in [0.5, 0.6) is 0 Å². The summed E-state index contributed by atoms with van der Waals surface area (Å²) in [6.45, 7) is 5.51. The molecule has 5 nitrogen and oxygen atoms in total. The van der Waals surface area contributed by atoms with Crippen LogP contribution in [0.25, 0.3) is 10.8 Å². The Labute approximate surface area is 180 Å². The molecule has 1 aromatic heterocycles. The number of halogens is 1. The molecule has 0 spiro atoms. The summed E-state index contributed by atoms with van der Waals surface area (Å²) in [6.07, 6.45) is 5.46. The molecule has 0 fully saturated rings. The van der Waals surface area contributed by atoms with Crippen LogP contribution in [0.1, 0.15) is 43.4 Å². The summed E-state index contributed by atoms with van der Waals surface area (Å²) in [5, 5.41) is 15.0. The first kappa shape index (κ1) is 20.5. The minimum absolute atomic E-state index is 0.106. The Bertz CT molecular complexity index is 1130. The number of rotatable bonds is 3. The largest absolute Gasteiger partial charge is 0.624 e. The van der Waals surface area contributed by atoms with Crippen molar-refractivity contribution in [1.29, 1.82) is 0 Å². The number of hydrogen-bond donors (Lipinski definition) is 1. The minimum Gasteiger partial charge on any atom is -0.624 e. The average molecular weight is 423 g/mol. The highest BCUT2D eigenvalue weighted by Gasteiger charge is 2.33. The molecule has 1 aliphatic rings. The van der Waals surface area contributed by atoms with Gasteiger partial charge in [-0.2, -0.15) is 0 Å². The molecular weight excluding hydrogens is 400 g/mol. The summed E-state index contributed by atoms with van der Waals surface area (Å²) in [7, 11) is 0. The zero-order valence-electron chi connectivity index (χ0n) is 17.1. The van der Waals surface area contributed by atoms with Gasteiger partial charge in [-0.05, 0) is 61.2 Å². The third-order valence-corrected chi connectivity index (χ3v) is 5.26. The molecule has 6 heteroatoms. The quantitative estimate of drug-likeness (QED) is 0.385. The number of benzene rings is 2. The average Bonchev–Trinajstić information content (AvgIpc) is 2.69. The van der Waals surface area contributed by atoms with E-state index < -0.39 is 11.5 Å². The summed E-state index contributed by atoms with van der Waals surface area (Å²) in [6, 6.07) is 13.4. The van der Waals surface area contributed by atoms with Gasteiger partial charge in [0.2, 0.25) is 0 Å². The van der Waals surface area contributed by atoms with Crippen LogP contribution in [0, 0.1) is 5.21 Å². The van der Waals surface area contributed by atoms with Gasteiger partial charge in [0.25, 0.3) is 0 Å². The fraction of sp³-hybridized carbons (Fsp3) is 0.250. The number of pyridine rings is 1. The number of esters is 1. The van der Waals surface area contributed by atoms with Crippen LogP contribution in [-0.4, -0.2) is 16.6 Å². The smallest absolute Gasteiger partial charge is 0.318 e. The molecule has 0 aliphatic carbocycles. The van der Waals surface area contributed by atoms with Crippen LogP contribution >= 0.6 is 11.6 Å². The second-order valence-corrected chi connectivity index (χ2v) is 8.83. The van der Waals surface area contributed by atoms with Crippen LogP contribution < -0.4 is 5.06 Å². The molecule has 4 rings (SSSR count). The van der Waals surface area contributed by atoms with E-state index in [0.29, 0.717) is 22.8 Å². The summed E-state index contributed by atoms with van der Waals surface area (Å²) in [5.74, 6) is -0.972. The molecule has 0 saturated heterocycles. The Morgan fingerprint density at radius 3 is 2.60 bits per heavy atom. The van der Waals surface area contributed by atoms with Gasteiger partial charge in [-0.15, -0.1) is 0 Å². The number of carbonyl (C=O) groups is 1. The second kappa shape index (κ2) is 7.84. The van der Waals surface area contributed by atoms with Gasteiger partial charge in [0.05, 0.1) is 6.20 Å². The van der Waals surface area contributed by atoms with E-state index in [2.05, 4.69) is 4.98 Å². The fourth-order valence-corrected chi connectivity index (χ4v) is 3.93. The number of fused-ring (bicyclic) bond motifs is 3. The van der Waals surface area contributed by atoms with Crippen LogP contribution in [0.4, 0.5) is 5.69 Å². The van der Waals surface area contributed by atoms with Gasteiger partial charge in [-0.3, -0.25) is 4.79 Å². The van der Waals surface area contributed by atoms with Gasteiger partial charge in [0, 0.05) is 17.8 Å². The molecule has 2 heterocycles. The number of carbonyl (C=O) groups excluding carboxylic acids is 1. The zero-order chi connectivity index (χ0) is 21.5. The molecule has 0 saturated carbocycles. The van der Waals surface area contributed by atoms with Crippen molar-refractivity contribution < 1.29 is 14.6 Å². The van der Waals surface area contributed by atoms with Crippen LogP contribution in [-0.2, 0) is 16.0 Å². The Morgan fingerprint density at radius 1 is 1.20 bits per heavy atom. The normalized spacial score (nSPS) is 18.3. The minimum atomic E-state index is -0.618. The Balaban J connectivity index is 1.85. The van der Waals surface area contributed by atoms with Gasteiger partial charge in [0.15, 0.2) is 0 Å². The SMILES string of the molecule is CC(C)(C)OC(=O)C1C=C[NH+]([O-])c2cc(Cc3ccc(Cl)nc3)c3ccccc3c21. The molecule has 1 aliphatic heterocycles. The van der Waals surface area contributed by atoms with Gasteiger partial charge in [0.1, 0.15) is 22.4 Å². The third kappa shape index (κ3) is 4.10. The number of nitrogens with zero attached hydrogens (tertiary/aromatic N) is 1. The topological polar surface area (TPSA) is 66.7 Å². The van der Waals surface area contributed by atoms with E-state index >= 15 is 0 Å². The maximum Gasteiger partial charge on any atom is 0.318 e. The number of aromatic nitrogens is 1. The van der Waals surface area contributed by atoms with Crippen molar-refractivity contribution in [3.8, 4) is 0 Å². The Morgan fingerprint density at radius 2 is 1.93 bits per heavy atom. The molecule has 0 amide bonds. The van der Waals surface area contributed by atoms with Crippen LogP contribution in [0.15, 0.2) is 60.9 Å². The first-order valence-corrected chi connectivity index (χ1v) is 10.2. The van der Waals surface area contributed by atoms with E-state index in [1.54, 1.807) is 18.3 Å². The van der Waals surface area contributed by atoms with Gasteiger partial charge >= 0.3 is 5.97 Å². The molecule has 30 heavy (non-hydrogen) atoms. The molecule has 3 aromatic rings. The lowest BCUT2D eigenvalue weighted by atomic mass is 9.86. The van der Waals surface area contributed by atoms with Crippen LogP contribution in [0.2, 0.25) is 5.15 Å². The molecule has 0 bridgehead atoms. The second-order valence-electron chi connectivity index (χ2n) is 8.44. The zero-order valence-corrected chi connectivity index (χ0v) is 17.9. The van der Waals surface area contributed by atoms with Crippen molar-refractivity contribution in [2.45, 2.75) is 38.7 Å². The number of quaternary nitrogens is 1. The highest BCUT2D eigenvalue weighted by Crippen LogP contribution is 2.37. The lowest BCUT2D eigenvalue weighted by Gasteiger charge is -2.30. The summed E-state index contributed by atoms with van der Waals surface area (Å²) in [4.78, 5) is 17.1. The van der Waals surface area contributed by atoms with Gasteiger partial charge < -0.3 is 15.0 Å². The number of nitrogens with one attached hydrogen (secondary N) is 1. The van der Waals surface area contributed by atoms with Crippen molar-refractivity contribution in [3.05, 3.63) is 88.0 Å². The fourth-order valence-electron chi connectivity index (χ4n) is 3.82. The highest BCUT2D eigenvalue weighted by atomic mass is 35.5. The third-order valence-electron chi connectivity index (χ3n) is 5.03. The van der Waals surface area contributed by atoms with Gasteiger partial charge in [-0.25, -0.2) is 4.98 Å². The first-order chi connectivity index (χ1) is 14.2. The number of ether oxygens (including phenoxy) is 1. The predicted octanol–water partition coefficient (Wildman–Crippen LogP) is 4.45. The van der Waals surface area contributed by atoms with Crippen molar-refractivity contribution >= 4 is 34.0 Å². The molecule has 2 atom stereocenters. The number of hydrogen-bond acceptors (Lipinski definition) is 4. The van der Waals surface area contributed by atoms with Crippen molar-refractivity contribution in [2.24, 2.45) is 0 Å². The Kier molecular flexibility index (Phi) is 5.36. The standard InChI is InChI=1S/C24H23ClN2O3/c1-24(2,3)30-23(28)19-10-11-27(29)20-13-16(12-15-8-9-21(25)26-14-15)17-6-4-5-7-18(17)22(19)20/h4-11,13-14,19,27H,12H2,1-3H3. The van der Waals surface area contributed by atoms with E-state index in [4.69, 9.17) is 16.3 Å². The molecule has 2 aromatic carbocycles. The molecule has 2 unspecified atom stereocenters. The summed E-state index contributed by atoms with van der Waals surface area (Å²) >= 11 is 5.91. The van der Waals surface area contributed by atoms with E-state index in [-0.39, 0.29) is 11.0 Å². The Hall–Kier alpha value is -2.73. The molecule has 1 N–H and O–H groups in total. The maximum absolute atomic E-state index is 12.9. The van der Waals surface area contributed by atoms with Crippen molar-refractivity contribution in [3.63, 3.8) is 0 Å². The summed E-state index contributed by atoms with van der Waals surface area (Å²) in [5.41, 5.74) is 2.64. The van der Waals surface area contributed by atoms with E-state index in [9.17, 15) is 10.0 Å². The van der Waals surface area contributed by atoms with Crippen molar-refractivity contribution in [2.75, 3.05) is 0 Å². The first-order valence-electron chi connectivity index (χ1n) is 9.83. The molecule has 154 valence electrons.